The van der Waals surface area contributed by atoms with Gasteiger partial charge in [-0.2, -0.15) is 0 Å². The van der Waals surface area contributed by atoms with Crippen LogP contribution in [0.2, 0.25) is 0 Å². The van der Waals surface area contributed by atoms with Gasteiger partial charge in [-0.15, -0.1) is 0 Å². The van der Waals surface area contributed by atoms with Crippen LogP contribution in [-0.2, 0) is 0 Å². The molecule has 0 unspecified atom stereocenters. The molecule has 0 aliphatic rings. The lowest BCUT2D eigenvalue weighted by Gasteiger charge is -2.15. The summed E-state index contributed by atoms with van der Waals surface area (Å²) in [4.78, 5) is 0. The smallest absolute Gasteiger partial charge is 0.00266 e. The van der Waals surface area contributed by atoms with E-state index < -0.39 is 0 Å². The van der Waals surface area contributed by atoms with E-state index in [-0.39, 0.29) is 0 Å². The van der Waals surface area contributed by atoms with Gasteiger partial charge in [0.25, 0.3) is 0 Å². The molecule has 0 aliphatic carbocycles. The lowest BCUT2D eigenvalue weighted by Crippen LogP contribution is -1.88. The van der Waals surface area contributed by atoms with Crippen LogP contribution in [-0.4, -0.2) is 0 Å². The van der Waals surface area contributed by atoms with Gasteiger partial charge in [0.2, 0.25) is 0 Å². The molecule has 7 aromatic carbocycles. The number of fused-ring (bicyclic) bond motifs is 2. The molecule has 0 aliphatic heterocycles. The second kappa shape index (κ2) is 11.4. The minimum absolute atomic E-state index is 1.22. The van der Waals surface area contributed by atoms with E-state index in [4.69, 9.17) is 0 Å². The Labute approximate surface area is 237 Å². The largest absolute Gasteiger partial charge is 0.0683 e. The van der Waals surface area contributed by atoms with E-state index in [2.05, 4.69) is 158 Å². The van der Waals surface area contributed by atoms with Crippen LogP contribution in [0.4, 0.5) is 0 Å². The predicted octanol–water partition coefficient (Wildman–Crippen LogP) is 11.7. The average Bonchev–Trinajstić information content (AvgIpc) is 3.05. The standard InChI is InChI=1S/C38H26.C2H6/c1-3-12-27(13-4-1)33-24-34(28-14-5-2-6-15-28)26-35(25-33)29-18-11-19-32(22-29)38-36-20-9-7-16-30(36)23-31-17-8-10-21-37(31)38;1-2/h1-26H;1-2H3. The molecule has 0 heteroatoms. The summed E-state index contributed by atoms with van der Waals surface area (Å²) in [7, 11) is 0. The first-order chi connectivity index (χ1) is 19.8. The van der Waals surface area contributed by atoms with Crippen molar-refractivity contribution in [3.63, 3.8) is 0 Å². The Morgan fingerprint density at radius 2 is 0.650 bits per heavy atom. The summed E-state index contributed by atoms with van der Waals surface area (Å²) in [6.45, 7) is 4.00. The normalized spacial score (nSPS) is 10.8. The summed E-state index contributed by atoms with van der Waals surface area (Å²) in [5, 5.41) is 5.10. The highest BCUT2D eigenvalue weighted by Crippen LogP contribution is 2.39. The molecule has 0 nitrogen and oxygen atoms in total. The Hall–Kier alpha value is -4.94. The van der Waals surface area contributed by atoms with Crippen molar-refractivity contribution in [2.75, 3.05) is 0 Å². The first kappa shape index (κ1) is 25.3. The summed E-state index contributed by atoms with van der Waals surface area (Å²) < 4.78 is 0. The van der Waals surface area contributed by atoms with Crippen molar-refractivity contribution in [2.24, 2.45) is 0 Å². The Balaban J connectivity index is 0.00000142. The molecule has 0 saturated heterocycles. The van der Waals surface area contributed by atoms with E-state index >= 15 is 0 Å². The predicted molar refractivity (Wildman–Crippen MR) is 175 cm³/mol. The highest BCUT2D eigenvalue weighted by atomic mass is 14.2. The fraction of sp³-hybridized carbons (Fsp3) is 0.0500. The number of benzene rings is 7. The highest BCUT2D eigenvalue weighted by Gasteiger charge is 2.12. The molecule has 7 rings (SSSR count). The molecule has 7 aromatic rings. The topological polar surface area (TPSA) is 0 Å². The Morgan fingerprint density at radius 1 is 0.275 bits per heavy atom. The number of hydrogen-bond acceptors (Lipinski definition) is 0. The highest BCUT2D eigenvalue weighted by molar-refractivity contribution is 6.12. The molecule has 0 N–H and O–H groups in total. The molecule has 0 radical (unpaired) electrons. The second-order valence-electron chi connectivity index (χ2n) is 9.81. The second-order valence-corrected chi connectivity index (χ2v) is 9.81. The van der Waals surface area contributed by atoms with Crippen LogP contribution in [0.5, 0.6) is 0 Å². The maximum atomic E-state index is 2.35. The Bertz CT molecular complexity index is 1780. The molecule has 0 heterocycles. The van der Waals surface area contributed by atoms with Crippen LogP contribution >= 0.6 is 0 Å². The minimum Gasteiger partial charge on any atom is -0.0683 e. The Morgan fingerprint density at radius 3 is 1.18 bits per heavy atom. The molecular formula is C40H32. The molecule has 0 saturated carbocycles. The molecule has 192 valence electrons. The fourth-order valence-electron chi connectivity index (χ4n) is 5.57. The Kier molecular flexibility index (Phi) is 7.24. The third-order valence-corrected chi connectivity index (χ3v) is 7.40. The van der Waals surface area contributed by atoms with Gasteiger partial charge >= 0.3 is 0 Å². The van der Waals surface area contributed by atoms with Gasteiger partial charge < -0.3 is 0 Å². The van der Waals surface area contributed by atoms with Gasteiger partial charge in [0.15, 0.2) is 0 Å². The van der Waals surface area contributed by atoms with E-state index in [0.717, 1.165) is 0 Å². The molecule has 0 aromatic heterocycles. The lowest BCUT2D eigenvalue weighted by atomic mass is 9.89. The zero-order chi connectivity index (χ0) is 27.3. The van der Waals surface area contributed by atoms with E-state index in [9.17, 15) is 0 Å². The molecule has 0 atom stereocenters. The lowest BCUT2D eigenvalue weighted by molar-refractivity contribution is 1.50. The van der Waals surface area contributed by atoms with Crippen molar-refractivity contribution in [2.45, 2.75) is 13.8 Å². The maximum Gasteiger partial charge on any atom is -0.00266 e. The van der Waals surface area contributed by atoms with Crippen molar-refractivity contribution in [3.05, 3.63) is 158 Å². The van der Waals surface area contributed by atoms with E-state index in [1.165, 1.54) is 66.1 Å². The summed E-state index contributed by atoms with van der Waals surface area (Å²) in [5.74, 6) is 0. The first-order valence-corrected chi connectivity index (χ1v) is 14.1. The van der Waals surface area contributed by atoms with Crippen molar-refractivity contribution in [1.82, 2.24) is 0 Å². The molecule has 40 heavy (non-hydrogen) atoms. The van der Waals surface area contributed by atoms with Gasteiger partial charge in [-0.3, -0.25) is 0 Å². The number of hydrogen-bond donors (Lipinski definition) is 0. The van der Waals surface area contributed by atoms with Gasteiger partial charge in [-0.05, 0) is 96.4 Å². The number of rotatable bonds is 4. The van der Waals surface area contributed by atoms with Crippen molar-refractivity contribution < 1.29 is 0 Å². The maximum absolute atomic E-state index is 2.35. The summed E-state index contributed by atoms with van der Waals surface area (Å²) >= 11 is 0. The van der Waals surface area contributed by atoms with E-state index in [1.54, 1.807) is 0 Å². The third kappa shape index (κ3) is 4.93. The molecule has 0 fully saturated rings. The SMILES string of the molecule is CC.c1ccc(-c2cc(-c3ccccc3)cc(-c3cccc(-c4c5ccccc5cc5ccccc45)c3)c2)cc1. The summed E-state index contributed by atoms with van der Waals surface area (Å²) in [6.07, 6.45) is 0. The van der Waals surface area contributed by atoms with Crippen LogP contribution in [0, 0.1) is 0 Å². The summed E-state index contributed by atoms with van der Waals surface area (Å²) in [5.41, 5.74) is 9.87. The van der Waals surface area contributed by atoms with E-state index in [1.807, 2.05) is 13.8 Å². The molecule has 0 amide bonds. The van der Waals surface area contributed by atoms with Crippen LogP contribution in [0.1, 0.15) is 13.8 Å². The van der Waals surface area contributed by atoms with Crippen LogP contribution < -0.4 is 0 Å². The van der Waals surface area contributed by atoms with Crippen molar-refractivity contribution >= 4 is 21.5 Å². The van der Waals surface area contributed by atoms with Crippen LogP contribution in [0.3, 0.4) is 0 Å². The van der Waals surface area contributed by atoms with E-state index in [0.29, 0.717) is 0 Å². The van der Waals surface area contributed by atoms with Gasteiger partial charge in [-0.25, -0.2) is 0 Å². The summed E-state index contributed by atoms with van der Waals surface area (Å²) in [6, 6.07) is 57.0. The van der Waals surface area contributed by atoms with Crippen LogP contribution in [0.25, 0.3) is 66.1 Å². The molecule has 0 spiro atoms. The van der Waals surface area contributed by atoms with Crippen molar-refractivity contribution in [3.8, 4) is 44.5 Å². The third-order valence-electron chi connectivity index (χ3n) is 7.40. The fourth-order valence-corrected chi connectivity index (χ4v) is 5.57. The zero-order valence-corrected chi connectivity index (χ0v) is 23.0. The average molecular weight is 513 g/mol. The van der Waals surface area contributed by atoms with Crippen LogP contribution in [0.15, 0.2) is 158 Å². The quantitative estimate of drug-likeness (QED) is 0.206. The van der Waals surface area contributed by atoms with Gasteiger partial charge in [-0.1, -0.05) is 141 Å². The minimum atomic E-state index is 1.22. The van der Waals surface area contributed by atoms with Gasteiger partial charge in [0.05, 0.1) is 0 Å². The molecular weight excluding hydrogens is 480 g/mol. The zero-order valence-electron chi connectivity index (χ0n) is 23.0. The molecule has 0 bridgehead atoms. The monoisotopic (exact) mass is 512 g/mol. The van der Waals surface area contributed by atoms with Gasteiger partial charge in [0, 0.05) is 0 Å². The van der Waals surface area contributed by atoms with Gasteiger partial charge in [0.1, 0.15) is 0 Å². The first-order valence-electron chi connectivity index (χ1n) is 14.1. The van der Waals surface area contributed by atoms with Crippen molar-refractivity contribution in [1.29, 1.82) is 0 Å².